The monoisotopic (exact) mass is 239 g/mol. The zero-order valence-electron chi connectivity index (χ0n) is 8.93. The van der Waals surface area contributed by atoms with Crippen LogP contribution in [-0.2, 0) is 9.84 Å². The van der Waals surface area contributed by atoms with Gasteiger partial charge in [-0.05, 0) is 18.6 Å². The Labute approximate surface area is 94.5 Å². The summed E-state index contributed by atoms with van der Waals surface area (Å²) in [5, 5.41) is 3.28. The van der Waals surface area contributed by atoms with Crippen LogP contribution in [0, 0.1) is 6.92 Å². The maximum absolute atomic E-state index is 11.5. The maximum Gasteiger partial charge on any atom is 0.156 e. The third kappa shape index (κ3) is 1.46. The molecule has 0 amide bonds. The van der Waals surface area contributed by atoms with E-state index in [0.29, 0.717) is 0 Å². The van der Waals surface area contributed by atoms with Crippen LogP contribution in [0.15, 0.2) is 18.2 Å². The van der Waals surface area contributed by atoms with E-state index in [4.69, 9.17) is 4.74 Å². The second kappa shape index (κ2) is 3.13. The van der Waals surface area contributed by atoms with E-state index in [9.17, 15) is 8.42 Å². The van der Waals surface area contributed by atoms with Crippen molar-refractivity contribution in [3.05, 3.63) is 23.8 Å². The van der Waals surface area contributed by atoms with Crippen molar-refractivity contribution in [1.29, 1.82) is 0 Å². The van der Waals surface area contributed by atoms with Crippen LogP contribution in [0.25, 0.3) is 0 Å². The fraction of sp³-hybridized carbons (Fsp3) is 0.455. The number of para-hydroxylation sites is 1. The molecule has 2 aliphatic rings. The molecule has 1 saturated heterocycles. The van der Waals surface area contributed by atoms with Crippen LogP contribution < -0.4 is 10.1 Å². The van der Waals surface area contributed by atoms with Crippen molar-refractivity contribution in [1.82, 2.24) is 0 Å². The highest BCUT2D eigenvalue weighted by molar-refractivity contribution is 7.91. The van der Waals surface area contributed by atoms with Gasteiger partial charge in [-0.2, -0.15) is 0 Å². The van der Waals surface area contributed by atoms with Gasteiger partial charge in [0.1, 0.15) is 11.9 Å². The molecule has 5 heteroatoms. The lowest BCUT2D eigenvalue weighted by atomic mass is 10.1. The number of nitrogens with one attached hydrogen (secondary N) is 1. The van der Waals surface area contributed by atoms with Crippen molar-refractivity contribution < 1.29 is 13.2 Å². The highest BCUT2D eigenvalue weighted by atomic mass is 32.2. The average molecular weight is 239 g/mol. The first kappa shape index (κ1) is 9.96. The van der Waals surface area contributed by atoms with Crippen LogP contribution in [0.1, 0.15) is 5.56 Å². The molecule has 0 bridgehead atoms. The van der Waals surface area contributed by atoms with Gasteiger partial charge in [-0.25, -0.2) is 8.42 Å². The van der Waals surface area contributed by atoms with Gasteiger partial charge in [0, 0.05) is 0 Å². The third-order valence-corrected chi connectivity index (χ3v) is 4.85. The smallest absolute Gasteiger partial charge is 0.156 e. The molecule has 0 radical (unpaired) electrons. The van der Waals surface area contributed by atoms with Crippen molar-refractivity contribution in [2.45, 2.75) is 19.1 Å². The third-order valence-electron chi connectivity index (χ3n) is 3.14. The molecular weight excluding hydrogens is 226 g/mol. The first-order valence-electron chi connectivity index (χ1n) is 5.28. The van der Waals surface area contributed by atoms with E-state index < -0.39 is 9.84 Å². The van der Waals surface area contributed by atoms with E-state index in [-0.39, 0.29) is 23.7 Å². The van der Waals surface area contributed by atoms with E-state index in [2.05, 4.69) is 5.32 Å². The minimum absolute atomic E-state index is 0.0985. The van der Waals surface area contributed by atoms with Crippen molar-refractivity contribution in [3.8, 4) is 5.75 Å². The van der Waals surface area contributed by atoms with Crippen LogP contribution in [0.5, 0.6) is 5.75 Å². The van der Waals surface area contributed by atoms with Gasteiger partial charge in [-0.15, -0.1) is 0 Å². The Kier molecular flexibility index (Phi) is 1.95. The number of ether oxygens (including phenoxy) is 1. The molecule has 1 aromatic carbocycles. The second-order valence-electron chi connectivity index (χ2n) is 4.43. The van der Waals surface area contributed by atoms with Gasteiger partial charge >= 0.3 is 0 Å². The molecule has 1 fully saturated rings. The normalized spacial score (nSPS) is 29.8. The molecule has 0 aromatic heterocycles. The molecule has 0 aliphatic carbocycles. The zero-order valence-corrected chi connectivity index (χ0v) is 9.75. The van der Waals surface area contributed by atoms with Gasteiger partial charge in [0.05, 0.1) is 23.2 Å². The quantitative estimate of drug-likeness (QED) is 0.733. The number of rotatable bonds is 0. The van der Waals surface area contributed by atoms with E-state index >= 15 is 0 Å². The molecule has 2 heterocycles. The maximum atomic E-state index is 11.5. The molecule has 1 aromatic rings. The van der Waals surface area contributed by atoms with Gasteiger partial charge in [0.15, 0.2) is 9.84 Å². The van der Waals surface area contributed by atoms with Crippen molar-refractivity contribution in [2.75, 3.05) is 16.8 Å². The number of aryl methyl sites for hydroxylation is 1. The number of fused-ring (bicyclic) bond motifs is 2. The average Bonchev–Trinajstić information content (AvgIpc) is 2.48. The zero-order chi connectivity index (χ0) is 11.3. The largest absolute Gasteiger partial charge is 0.485 e. The van der Waals surface area contributed by atoms with Gasteiger partial charge in [-0.3, -0.25) is 0 Å². The number of anilines is 1. The highest BCUT2D eigenvalue weighted by Gasteiger charge is 2.42. The van der Waals surface area contributed by atoms with Crippen molar-refractivity contribution >= 4 is 15.5 Å². The van der Waals surface area contributed by atoms with Crippen molar-refractivity contribution in [3.63, 3.8) is 0 Å². The van der Waals surface area contributed by atoms with E-state index in [0.717, 1.165) is 17.0 Å². The van der Waals surface area contributed by atoms with Crippen LogP contribution >= 0.6 is 0 Å². The number of hydrogen-bond donors (Lipinski definition) is 1. The first-order chi connectivity index (χ1) is 7.55. The minimum atomic E-state index is -2.95. The summed E-state index contributed by atoms with van der Waals surface area (Å²) in [6, 6.07) is 5.67. The summed E-state index contributed by atoms with van der Waals surface area (Å²) in [5.74, 6) is 1.06. The van der Waals surface area contributed by atoms with Gasteiger partial charge in [0.2, 0.25) is 0 Å². The van der Waals surface area contributed by atoms with E-state index in [1.165, 1.54) is 0 Å². The molecule has 2 unspecified atom stereocenters. The van der Waals surface area contributed by atoms with Gasteiger partial charge < -0.3 is 10.1 Å². The Morgan fingerprint density at radius 3 is 3.00 bits per heavy atom. The molecule has 2 aliphatic heterocycles. The minimum Gasteiger partial charge on any atom is -0.485 e. The predicted octanol–water partition coefficient (Wildman–Crippen LogP) is 0.965. The Hall–Kier alpha value is -1.23. The van der Waals surface area contributed by atoms with Crippen LogP contribution in [0.4, 0.5) is 5.69 Å². The van der Waals surface area contributed by atoms with E-state index in [1.807, 2.05) is 25.1 Å². The summed E-state index contributed by atoms with van der Waals surface area (Å²) in [5.41, 5.74) is 2.01. The Morgan fingerprint density at radius 1 is 1.38 bits per heavy atom. The fourth-order valence-corrected chi connectivity index (χ4v) is 4.12. The topological polar surface area (TPSA) is 55.4 Å². The molecule has 2 atom stereocenters. The molecule has 16 heavy (non-hydrogen) atoms. The summed E-state index contributed by atoms with van der Waals surface area (Å²) >= 11 is 0. The summed E-state index contributed by atoms with van der Waals surface area (Å²) in [4.78, 5) is 0. The second-order valence-corrected chi connectivity index (χ2v) is 6.59. The molecular formula is C11H13NO3S. The number of benzene rings is 1. The Balaban J connectivity index is 2.00. The summed E-state index contributed by atoms with van der Waals surface area (Å²) in [7, 11) is -2.95. The van der Waals surface area contributed by atoms with Crippen molar-refractivity contribution in [2.24, 2.45) is 0 Å². The van der Waals surface area contributed by atoms with Gasteiger partial charge in [0.25, 0.3) is 0 Å². The first-order valence-corrected chi connectivity index (χ1v) is 7.10. The molecule has 3 rings (SSSR count). The molecule has 1 N–H and O–H groups in total. The molecule has 4 nitrogen and oxygen atoms in total. The lowest BCUT2D eigenvalue weighted by Gasteiger charge is -2.30. The number of sulfone groups is 1. The SMILES string of the molecule is Cc1cccc2c1NC1CS(=O)(=O)CC1O2. The van der Waals surface area contributed by atoms with Crippen LogP contribution in [-0.4, -0.2) is 32.1 Å². The Bertz CT molecular complexity index is 538. The lowest BCUT2D eigenvalue weighted by Crippen LogP contribution is -2.40. The van der Waals surface area contributed by atoms with Crippen LogP contribution in [0.2, 0.25) is 0 Å². The Morgan fingerprint density at radius 2 is 2.19 bits per heavy atom. The highest BCUT2D eigenvalue weighted by Crippen LogP contribution is 2.36. The van der Waals surface area contributed by atoms with E-state index in [1.54, 1.807) is 0 Å². The predicted molar refractivity (Wildman–Crippen MR) is 61.7 cm³/mol. The number of hydrogen-bond acceptors (Lipinski definition) is 4. The summed E-state index contributed by atoms with van der Waals surface area (Å²) in [6.45, 7) is 1.99. The summed E-state index contributed by atoms with van der Waals surface area (Å²) in [6.07, 6.45) is -0.237. The fourth-order valence-electron chi connectivity index (χ4n) is 2.34. The molecule has 86 valence electrons. The van der Waals surface area contributed by atoms with Gasteiger partial charge in [-0.1, -0.05) is 12.1 Å². The molecule has 0 spiro atoms. The van der Waals surface area contributed by atoms with Crippen LogP contribution in [0.3, 0.4) is 0 Å². The summed E-state index contributed by atoms with van der Waals surface area (Å²) < 4.78 is 28.8. The standard InChI is InChI=1S/C11H13NO3S/c1-7-3-2-4-9-11(7)12-8-5-16(13,14)6-10(8)15-9/h2-4,8,10,12H,5-6H2,1H3. The molecule has 0 saturated carbocycles. The lowest BCUT2D eigenvalue weighted by molar-refractivity contribution is 0.206.